The van der Waals surface area contributed by atoms with Crippen molar-refractivity contribution in [3.05, 3.63) is 29.8 Å². The second kappa shape index (κ2) is 11.3. The fourth-order valence-corrected chi connectivity index (χ4v) is 5.64. The molecule has 0 aliphatic heterocycles. The van der Waals surface area contributed by atoms with Crippen molar-refractivity contribution in [3.8, 4) is 5.75 Å². The van der Waals surface area contributed by atoms with Crippen LogP contribution in [0.25, 0.3) is 0 Å². The number of benzene rings is 1. The molecule has 0 spiro atoms. The zero-order chi connectivity index (χ0) is 23.9. The summed E-state index contributed by atoms with van der Waals surface area (Å²) in [6, 6.07) is 7.39. The summed E-state index contributed by atoms with van der Waals surface area (Å²) < 4.78 is 10.5. The van der Waals surface area contributed by atoms with Gasteiger partial charge in [-0.3, -0.25) is 4.79 Å². The number of hydrogen-bond donors (Lipinski definition) is 2. The minimum atomic E-state index is -0.917. The van der Waals surface area contributed by atoms with Gasteiger partial charge in [-0.2, -0.15) is 0 Å². The van der Waals surface area contributed by atoms with Crippen LogP contribution >= 0.6 is 0 Å². The molecule has 0 heterocycles. The summed E-state index contributed by atoms with van der Waals surface area (Å²) in [5, 5.41) is 14.4. The number of esters is 1. The molecule has 2 saturated carbocycles. The third kappa shape index (κ3) is 6.70. The molecule has 2 fully saturated rings. The summed E-state index contributed by atoms with van der Waals surface area (Å²) in [6.45, 7) is 1.22. The summed E-state index contributed by atoms with van der Waals surface area (Å²) in [5.41, 5.74) is -0.404. The van der Waals surface area contributed by atoms with Gasteiger partial charge < -0.3 is 24.8 Å². The monoisotopic (exact) mass is 460 g/mol. The van der Waals surface area contributed by atoms with Gasteiger partial charge in [0.25, 0.3) is 0 Å². The molecule has 0 unspecified atom stereocenters. The Morgan fingerprint density at radius 1 is 1.12 bits per heavy atom. The Bertz CT molecular complexity index is 806. The van der Waals surface area contributed by atoms with Crippen molar-refractivity contribution in [2.75, 3.05) is 34.3 Å². The average molecular weight is 461 g/mol. The number of amides is 1. The second-order valence-corrected chi connectivity index (χ2v) is 10.2. The van der Waals surface area contributed by atoms with Gasteiger partial charge in [-0.1, -0.05) is 44.2 Å². The number of alkyl carbamates (subject to hydrolysis) is 1. The van der Waals surface area contributed by atoms with E-state index in [-0.39, 0.29) is 23.7 Å². The fraction of sp³-hybridized carbons (Fsp3) is 0.692. The van der Waals surface area contributed by atoms with Crippen molar-refractivity contribution in [1.29, 1.82) is 0 Å². The summed E-state index contributed by atoms with van der Waals surface area (Å²) in [6.07, 6.45) is 8.53. The maximum atomic E-state index is 12.9. The zero-order valence-electron chi connectivity index (χ0n) is 20.4. The lowest BCUT2D eigenvalue weighted by Gasteiger charge is -2.41. The van der Waals surface area contributed by atoms with E-state index < -0.39 is 11.7 Å². The van der Waals surface area contributed by atoms with Crippen LogP contribution in [0.3, 0.4) is 0 Å². The van der Waals surface area contributed by atoms with Crippen molar-refractivity contribution >= 4 is 12.1 Å². The molecule has 0 saturated heterocycles. The van der Waals surface area contributed by atoms with Crippen LogP contribution in [0.2, 0.25) is 0 Å². The first-order valence-electron chi connectivity index (χ1n) is 12.3. The minimum Gasteiger partial charge on any atom is -0.453 e. The number of methoxy groups -OCH3 is 1. The van der Waals surface area contributed by atoms with Crippen LogP contribution in [-0.2, 0) is 15.1 Å². The Morgan fingerprint density at radius 2 is 1.85 bits per heavy atom. The van der Waals surface area contributed by atoms with Crippen LogP contribution < -0.4 is 10.1 Å². The van der Waals surface area contributed by atoms with Crippen molar-refractivity contribution < 1.29 is 24.2 Å². The van der Waals surface area contributed by atoms with Crippen molar-refractivity contribution in [1.82, 2.24) is 10.2 Å². The summed E-state index contributed by atoms with van der Waals surface area (Å²) in [7, 11) is 5.40. The molecule has 7 nitrogen and oxygen atoms in total. The summed E-state index contributed by atoms with van der Waals surface area (Å²) >= 11 is 0. The highest BCUT2D eigenvalue weighted by atomic mass is 16.5. The van der Waals surface area contributed by atoms with Crippen LogP contribution in [0.15, 0.2) is 24.3 Å². The number of nitrogens with one attached hydrogen (secondary N) is 1. The highest BCUT2D eigenvalue weighted by molar-refractivity contribution is 5.73. The van der Waals surface area contributed by atoms with Gasteiger partial charge in [0.1, 0.15) is 5.75 Å². The van der Waals surface area contributed by atoms with Gasteiger partial charge in [0, 0.05) is 19.0 Å². The molecule has 7 heteroatoms. The molecule has 0 aromatic heterocycles. The molecule has 2 N–H and O–H groups in total. The summed E-state index contributed by atoms with van der Waals surface area (Å²) in [4.78, 5) is 26.7. The molecular weight excluding hydrogens is 420 g/mol. The second-order valence-electron chi connectivity index (χ2n) is 10.2. The Kier molecular flexibility index (Phi) is 8.76. The van der Waals surface area contributed by atoms with E-state index in [2.05, 4.69) is 10.2 Å². The maximum absolute atomic E-state index is 12.9. The molecule has 33 heavy (non-hydrogen) atoms. The number of rotatable bonds is 8. The number of hydrogen-bond acceptors (Lipinski definition) is 6. The zero-order valence-corrected chi connectivity index (χ0v) is 20.4. The smallest absolute Gasteiger partial charge is 0.406 e. The molecule has 1 amide bonds. The number of nitrogens with zero attached hydrogens (tertiary/aromatic N) is 1. The lowest BCUT2D eigenvalue weighted by molar-refractivity contribution is -0.137. The highest BCUT2D eigenvalue weighted by Gasteiger charge is 2.41. The lowest BCUT2D eigenvalue weighted by atomic mass is 9.71. The molecule has 2 aliphatic rings. The molecular formula is C26H40N2O5. The van der Waals surface area contributed by atoms with E-state index in [4.69, 9.17) is 9.47 Å². The standard InChI is InChI=1S/C26H40N2O5/c1-28(2)18-21-10-5-8-15-26(21,31)20-11-9-12-22(16-20)33-23(29)17-25(13-6-4-7-14-25)19-27-24(30)32-3/h9,11-12,16,21,31H,4-8,10,13-15,17-19H2,1-3H3,(H,27,30)/t21-,26+/m0/s1. The number of carbonyl (C=O) groups is 2. The first-order chi connectivity index (χ1) is 15.8. The van der Waals surface area contributed by atoms with Crippen molar-refractivity contribution in [2.45, 2.75) is 69.8 Å². The van der Waals surface area contributed by atoms with E-state index in [9.17, 15) is 14.7 Å². The van der Waals surface area contributed by atoms with Crippen LogP contribution in [0.5, 0.6) is 5.75 Å². The molecule has 1 aromatic carbocycles. The van der Waals surface area contributed by atoms with Gasteiger partial charge in [-0.15, -0.1) is 0 Å². The van der Waals surface area contributed by atoms with Gasteiger partial charge in [-0.05, 0) is 62.9 Å². The fourth-order valence-electron chi connectivity index (χ4n) is 5.64. The molecule has 0 bridgehead atoms. The number of carbonyl (C=O) groups excluding carboxylic acids is 2. The van der Waals surface area contributed by atoms with E-state index in [0.29, 0.717) is 18.7 Å². The van der Waals surface area contributed by atoms with E-state index in [1.807, 2.05) is 32.3 Å². The molecule has 3 rings (SSSR count). The minimum absolute atomic E-state index is 0.141. The Hall–Kier alpha value is -2.12. The molecule has 184 valence electrons. The van der Waals surface area contributed by atoms with Crippen LogP contribution in [-0.4, -0.2) is 56.4 Å². The van der Waals surface area contributed by atoms with E-state index in [0.717, 1.165) is 63.5 Å². The Labute approximate surface area is 197 Å². The van der Waals surface area contributed by atoms with Gasteiger partial charge in [0.05, 0.1) is 19.1 Å². The highest BCUT2D eigenvalue weighted by Crippen LogP contribution is 2.43. The maximum Gasteiger partial charge on any atom is 0.406 e. The Balaban J connectivity index is 1.71. The largest absolute Gasteiger partial charge is 0.453 e. The third-order valence-corrected chi connectivity index (χ3v) is 7.41. The van der Waals surface area contributed by atoms with Gasteiger partial charge in [0.15, 0.2) is 0 Å². The van der Waals surface area contributed by atoms with E-state index >= 15 is 0 Å². The normalized spacial score (nSPS) is 24.8. The van der Waals surface area contributed by atoms with Crippen molar-refractivity contribution in [3.63, 3.8) is 0 Å². The van der Waals surface area contributed by atoms with E-state index in [1.165, 1.54) is 7.11 Å². The quantitative estimate of drug-likeness (QED) is 0.446. The van der Waals surface area contributed by atoms with Gasteiger partial charge in [-0.25, -0.2) is 4.79 Å². The predicted octanol–water partition coefficient (Wildman–Crippen LogP) is 4.23. The Morgan fingerprint density at radius 3 is 2.55 bits per heavy atom. The van der Waals surface area contributed by atoms with Crippen LogP contribution in [0.1, 0.15) is 69.8 Å². The van der Waals surface area contributed by atoms with Gasteiger partial charge in [0.2, 0.25) is 0 Å². The predicted molar refractivity (Wildman–Crippen MR) is 127 cm³/mol. The lowest BCUT2D eigenvalue weighted by Crippen LogP contribution is -2.43. The topological polar surface area (TPSA) is 88.1 Å². The number of aliphatic hydroxyl groups is 1. The number of ether oxygens (including phenoxy) is 2. The van der Waals surface area contributed by atoms with E-state index in [1.54, 1.807) is 6.07 Å². The van der Waals surface area contributed by atoms with Crippen molar-refractivity contribution in [2.24, 2.45) is 11.3 Å². The van der Waals surface area contributed by atoms with Crippen LogP contribution in [0, 0.1) is 11.3 Å². The SMILES string of the molecule is COC(=O)NCC1(CC(=O)Oc2cccc([C@]3(O)CCCC[C@H]3CN(C)C)c2)CCCCC1. The van der Waals surface area contributed by atoms with Gasteiger partial charge >= 0.3 is 12.1 Å². The molecule has 2 atom stereocenters. The third-order valence-electron chi connectivity index (χ3n) is 7.41. The first-order valence-corrected chi connectivity index (χ1v) is 12.3. The van der Waals surface area contributed by atoms with Crippen LogP contribution in [0.4, 0.5) is 4.79 Å². The summed E-state index contributed by atoms with van der Waals surface area (Å²) in [5.74, 6) is 0.301. The average Bonchev–Trinajstić information content (AvgIpc) is 2.79. The molecule has 1 aromatic rings. The first kappa shape index (κ1) is 25.5. The molecule has 0 radical (unpaired) electrons. The molecule has 2 aliphatic carbocycles.